The fraction of sp³-hybridized carbons (Fsp3) is 0.294. The lowest BCUT2D eigenvalue weighted by Crippen LogP contribution is -2.15. The summed E-state index contributed by atoms with van der Waals surface area (Å²) in [6.45, 7) is 0.485. The van der Waals surface area contributed by atoms with Gasteiger partial charge in [0.15, 0.2) is 6.79 Å². The zero-order valence-electron chi connectivity index (χ0n) is 12.1. The second-order valence-electron chi connectivity index (χ2n) is 5.19. The van der Waals surface area contributed by atoms with Crippen molar-refractivity contribution in [3.05, 3.63) is 65.0 Å². The number of fused-ring (bicyclic) bond motifs is 1. The average Bonchev–Trinajstić information content (AvgIpc) is 2.54. The standard InChI is InChI=1S/C17H17FO3S/c18-16-8-14-10-20-12-21-17(14)15(9-16)11-22(19)7-6-13-4-2-1-3-5-13/h1-5,8-9H,6-7,10-12H2/t22-/m1/s1. The van der Waals surface area contributed by atoms with Gasteiger partial charge in [0.05, 0.1) is 12.4 Å². The van der Waals surface area contributed by atoms with E-state index in [-0.39, 0.29) is 12.6 Å². The lowest BCUT2D eigenvalue weighted by Gasteiger charge is -2.20. The Labute approximate surface area is 131 Å². The van der Waals surface area contributed by atoms with Gasteiger partial charge in [0.2, 0.25) is 0 Å². The molecule has 3 rings (SSSR count). The van der Waals surface area contributed by atoms with Crippen LogP contribution >= 0.6 is 0 Å². The summed E-state index contributed by atoms with van der Waals surface area (Å²) in [6.07, 6.45) is 0.745. The Balaban J connectivity index is 1.67. The molecule has 0 radical (unpaired) electrons. The van der Waals surface area contributed by atoms with Gasteiger partial charge in [-0.1, -0.05) is 30.3 Å². The van der Waals surface area contributed by atoms with Gasteiger partial charge in [-0.25, -0.2) is 4.39 Å². The van der Waals surface area contributed by atoms with E-state index >= 15 is 0 Å². The van der Waals surface area contributed by atoms with E-state index in [1.54, 1.807) is 0 Å². The van der Waals surface area contributed by atoms with E-state index in [0.29, 0.717) is 35.0 Å². The summed E-state index contributed by atoms with van der Waals surface area (Å²) >= 11 is 0. The van der Waals surface area contributed by atoms with Crippen LogP contribution in [0.25, 0.3) is 0 Å². The van der Waals surface area contributed by atoms with Crippen LogP contribution in [-0.2, 0) is 34.3 Å². The molecule has 116 valence electrons. The Morgan fingerprint density at radius 1 is 1.18 bits per heavy atom. The molecule has 3 nitrogen and oxygen atoms in total. The van der Waals surface area contributed by atoms with E-state index < -0.39 is 10.8 Å². The number of benzene rings is 2. The maximum absolute atomic E-state index is 13.6. The van der Waals surface area contributed by atoms with E-state index in [2.05, 4.69) is 0 Å². The molecule has 0 saturated heterocycles. The molecule has 2 aromatic carbocycles. The first-order valence-electron chi connectivity index (χ1n) is 7.13. The van der Waals surface area contributed by atoms with Gasteiger partial charge in [0.25, 0.3) is 0 Å². The van der Waals surface area contributed by atoms with Gasteiger partial charge in [-0.2, -0.15) is 0 Å². The topological polar surface area (TPSA) is 35.5 Å². The Morgan fingerprint density at radius 3 is 2.82 bits per heavy atom. The van der Waals surface area contributed by atoms with Crippen LogP contribution in [0.3, 0.4) is 0 Å². The first-order valence-corrected chi connectivity index (χ1v) is 8.62. The maximum atomic E-state index is 13.6. The van der Waals surface area contributed by atoms with Crippen molar-refractivity contribution in [2.45, 2.75) is 18.8 Å². The third-order valence-electron chi connectivity index (χ3n) is 3.53. The van der Waals surface area contributed by atoms with Crippen LogP contribution in [0.5, 0.6) is 5.75 Å². The Kier molecular flexibility index (Phi) is 4.85. The summed E-state index contributed by atoms with van der Waals surface area (Å²) in [6, 6.07) is 12.7. The van der Waals surface area contributed by atoms with Crippen LogP contribution in [0.15, 0.2) is 42.5 Å². The normalized spacial score (nSPS) is 15.0. The summed E-state index contributed by atoms with van der Waals surface area (Å²) in [5.74, 6) is 1.13. The molecular formula is C17H17FO3S. The maximum Gasteiger partial charge on any atom is 0.189 e. The summed E-state index contributed by atoms with van der Waals surface area (Å²) in [7, 11) is -1.07. The molecule has 0 fully saturated rings. The zero-order chi connectivity index (χ0) is 15.4. The van der Waals surface area contributed by atoms with Crippen molar-refractivity contribution >= 4 is 10.8 Å². The van der Waals surface area contributed by atoms with Crippen LogP contribution in [0.4, 0.5) is 4.39 Å². The molecule has 0 amide bonds. The Hall–Kier alpha value is -1.72. The highest BCUT2D eigenvalue weighted by Crippen LogP contribution is 2.30. The van der Waals surface area contributed by atoms with Crippen molar-refractivity contribution in [3.63, 3.8) is 0 Å². The predicted molar refractivity (Wildman–Crippen MR) is 83.5 cm³/mol. The van der Waals surface area contributed by atoms with Crippen molar-refractivity contribution in [1.29, 1.82) is 0 Å². The summed E-state index contributed by atoms with van der Waals surface area (Å²) < 4.78 is 36.5. The molecule has 0 unspecified atom stereocenters. The molecule has 0 aliphatic carbocycles. The second-order valence-corrected chi connectivity index (χ2v) is 6.76. The van der Waals surface area contributed by atoms with E-state index in [9.17, 15) is 8.60 Å². The number of ether oxygens (including phenoxy) is 2. The molecular weight excluding hydrogens is 303 g/mol. The minimum atomic E-state index is -1.07. The fourth-order valence-electron chi connectivity index (χ4n) is 2.49. The van der Waals surface area contributed by atoms with E-state index in [0.717, 1.165) is 12.0 Å². The van der Waals surface area contributed by atoms with E-state index in [1.165, 1.54) is 12.1 Å². The molecule has 0 bridgehead atoms. The van der Waals surface area contributed by atoms with Gasteiger partial charge >= 0.3 is 0 Å². The number of aryl methyl sites for hydroxylation is 1. The highest BCUT2D eigenvalue weighted by Gasteiger charge is 2.18. The summed E-state index contributed by atoms with van der Waals surface area (Å²) in [5.41, 5.74) is 2.49. The van der Waals surface area contributed by atoms with Crippen LogP contribution in [0.1, 0.15) is 16.7 Å². The minimum absolute atomic E-state index is 0.155. The van der Waals surface area contributed by atoms with Crippen molar-refractivity contribution in [2.75, 3.05) is 12.5 Å². The lowest BCUT2D eigenvalue weighted by atomic mass is 10.1. The molecule has 1 aliphatic rings. The van der Waals surface area contributed by atoms with E-state index in [4.69, 9.17) is 9.47 Å². The third kappa shape index (κ3) is 3.72. The number of hydrogen-bond donors (Lipinski definition) is 0. The van der Waals surface area contributed by atoms with Gasteiger partial charge in [-0.3, -0.25) is 4.21 Å². The van der Waals surface area contributed by atoms with Gasteiger partial charge in [0.1, 0.15) is 11.6 Å². The fourth-order valence-corrected chi connectivity index (χ4v) is 3.65. The molecule has 0 saturated carbocycles. The smallest absolute Gasteiger partial charge is 0.189 e. The van der Waals surface area contributed by atoms with Crippen molar-refractivity contribution in [1.82, 2.24) is 0 Å². The molecule has 2 aromatic rings. The van der Waals surface area contributed by atoms with Gasteiger partial charge in [-0.05, 0) is 24.1 Å². The summed E-state index contributed by atoms with van der Waals surface area (Å²) in [5, 5.41) is 0. The molecule has 22 heavy (non-hydrogen) atoms. The second kappa shape index (κ2) is 7.03. The minimum Gasteiger partial charge on any atom is -0.467 e. The van der Waals surface area contributed by atoms with Crippen LogP contribution in [0, 0.1) is 5.82 Å². The molecule has 1 aliphatic heterocycles. The lowest BCUT2D eigenvalue weighted by molar-refractivity contribution is -0.0171. The third-order valence-corrected chi connectivity index (χ3v) is 4.82. The highest BCUT2D eigenvalue weighted by atomic mass is 32.2. The Bertz CT molecular complexity index is 673. The molecule has 0 N–H and O–H groups in total. The van der Waals surface area contributed by atoms with Gasteiger partial charge in [0, 0.05) is 27.7 Å². The molecule has 0 spiro atoms. The quantitative estimate of drug-likeness (QED) is 0.849. The van der Waals surface area contributed by atoms with E-state index in [1.807, 2.05) is 30.3 Å². The van der Waals surface area contributed by atoms with Gasteiger partial charge in [-0.15, -0.1) is 0 Å². The summed E-state index contributed by atoms with van der Waals surface area (Å²) in [4.78, 5) is 0. The SMILES string of the molecule is O=[S@](CCc1ccccc1)Cc1cc(F)cc2c1OCOC2. The monoisotopic (exact) mass is 320 g/mol. The first kappa shape index (κ1) is 15.2. The first-order chi connectivity index (χ1) is 10.7. The highest BCUT2D eigenvalue weighted by molar-refractivity contribution is 7.84. The number of rotatable bonds is 5. The van der Waals surface area contributed by atoms with Crippen molar-refractivity contribution < 1.29 is 18.1 Å². The Morgan fingerprint density at radius 2 is 2.00 bits per heavy atom. The molecule has 1 heterocycles. The number of halogens is 1. The van der Waals surface area contributed by atoms with Crippen molar-refractivity contribution in [2.24, 2.45) is 0 Å². The van der Waals surface area contributed by atoms with Crippen molar-refractivity contribution in [3.8, 4) is 5.75 Å². The number of hydrogen-bond acceptors (Lipinski definition) is 3. The molecule has 5 heteroatoms. The molecule has 0 aromatic heterocycles. The van der Waals surface area contributed by atoms with Crippen LogP contribution in [0.2, 0.25) is 0 Å². The molecule has 1 atom stereocenters. The average molecular weight is 320 g/mol. The van der Waals surface area contributed by atoms with Crippen LogP contribution < -0.4 is 4.74 Å². The zero-order valence-corrected chi connectivity index (χ0v) is 12.9. The van der Waals surface area contributed by atoms with Crippen LogP contribution in [-0.4, -0.2) is 16.8 Å². The predicted octanol–water partition coefficient (Wildman–Crippen LogP) is 3.18. The van der Waals surface area contributed by atoms with Gasteiger partial charge < -0.3 is 9.47 Å². The largest absolute Gasteiger partial charge is 0.467 e.